The number of unbranched alkanes of at least 4 members (excludes halogenated alkanes) is 1. The summed E-state index contributed by atoms with van der Waals surface area (Å²) in [4.78, 5) is 0. The number of allylic oxidation sites excluding steroid dienone is 1. The first kappa shape index (κ1) is 13.8. The van der Waals surface area contributed by atoms with E-state index in [1.54, 1.807) is 0 Å². The summed E-state index contributed by atoms with van der Waals surface area (Å²) in [5, 5.41) is 0. The Morgan fingerprint density at radius 3 is 2.35 bits per heavy atom. The Morgan fingerprint density at radius 2 is 1.82 bits per heavy atom. The molecule has 0 saturated heterocycles. The predicted molar refractivity (Wildman–Crippen MR) is 74.1 cm³/mol. The maximum absolute atomic E-state index is 5.76. The lowest BCUT2D eigenvalue weighted by molar-refractivity contribution is 0.131. The van der Waals surface area contributed by atoms with Gasteiger partial charge in [0.1, 0.15) is 11.4 Å². The van der Waals surface area contributed by atoms with E-state index in [1.165, 1.54) is 5.56 Å². The summed E-state index contributed by atoms with van der Waals surface area (Å²) >= 11 is 0. The van der Waals surface area contributed by atoms with Crippen LogP contribution in [0.4, 0.5) is 0 Å². The summed E-state index contributed by atoms with van der Waals surface area (Å²) in [6, 6.07) is 8.15. The average Bonchev–Trinajstić information content (AvgIpc) is 2.25. The van der Waals surface area contributed by atoms with Crippen LogP contribution in [-0.4, -0.2) is 12.1 Å². The van der Waals surface area contributed by atoms with Gasteiger partial charge < -0.3 is 10.5 Å². The van der Waals surface area contributed by atoms with E-state index in [1.807, 2.05) is 32.9 Å². The van der Waals surface area contributed by atoms with Gasteiger partial charge in [-0.25, -0.2) is 0 Å². The van der Waals surface area contributed by atoms with Crippen molar-refractivity contribution >= 4 is 6.08 Å². The number of nitrogens with two attached hydrogens (primary N) is 1. The number of benzene rings is 1. The highest BCUT2D eigenvalue weighted by Crippen LogP contribution is 2.19. The first-order chi connectivity index (χ1) is 8.01. The van der Waals surface area contributed by atoms with E-state index in [-0.39, 0.29) is 5.60 Å². The number of ether oxygens (including phenoxy) is 1. The van der Waals surface area contributed by atoms with Crippen LogP contribution >= 0.6 is 0 Å². The van der Waals surface area contributed by atoms with Gasteiger partial charge in [0.15, 0.2) is 0 Å². The third kappa shape index (κ3) is 6.12. The molecule has 0 atom stereocenters. The highest BCUT2D eigenvalue weighted by Gasteiger charge is 2.10. The van der Waals surface area contributed by atoms with Crippen molar-refractivity contribution in [1.29, 1.82) is 0 Å². The van der Waals surface area contributed by atoms with E-state index in [2.05, 4.69) is 24.3 Å². The minimum Gasteiger partial charge on any atom is -0.488 e. The fourth-order valence-corrected chi connectivity index (χ4v) is 1.46. The Kier molecular flexibility index (Phi) is 5.23. The van der Waals surface area contributed by atoms with E-state index < -0.39 is 0 Å². The molecular weight excluding hydrogens is 210 g/mol. The third-order valence-electron chi connectivity index (χ3n) is 2.19. The van der Waals surface area contributed by atoms with E-state index in [0.29, 0.717) is 0 Å². The van der Waals surface area contributed by atoms with Crippen LogP contribution in [0.1, 0.15) is 39.2 Å². The van der Waals surface area contributed by atoms with E-state index >= 15 is 0 Å². The fraction of sp³-hybridized carbons (Fsp3) is 0.467. The lowest BCUT2D eigenvalue weighted by Gasteiger charge is -2.21. The minimum atomic E-state index is -0.140. The highest BCUT2D eigenvalue weighted by molar-refractivity contribution is 5.50. The van der Waals surface area contributed by atoms with Crippen molar-refractivity contribution < 1.29 is 4.74 Å². The van der Waals surface area contributed by atoms with Crippen molar-refractivity contribution in [2.45, 2.75) is 39.2 Å². The Hall–Kier alpha value is -1.28. The first-order valence-electron chi connectivity index (χ1n) is 6.17. The first-order valence-corrected chi connectivity index (χ1v) is 6.17. The van der Waals surface area contributed by atoms with Crippen molar-refractivity contribution in [3.05, 3.63) is 35.9 Å². The zero-order valence-corrected chi connectivity index (χ0v) is 11.1. The molecule has 0 aliphatic carbocycles. The van der Waals surface area contributed by atoms with Gasteiger partial charge in [0.25, 0.3) is 0 Å². The molecule has 0 aromatic heterocycles. The zero-order valence-electron chi connectivity index (χ0n) is 11.1. The molecule has 0 spiro atoms. The molecule has 0 aliphatic rings. The van der Waals surface area contributed by atoms with Gasteiger partial charge >= 0.3 is 0 Å². The molecule has 2 nitrogen and oxygen atoms in total. The number of hydrogen-bond donors (Lipinski definition) is 1. The lowest BCUT2D eigenvalue weighted by atomic mass is 10.1. The second-order valence-electron chi connectivity index (χ2n) is 5.12. The van der Waals surface area contributed by atoms with Crippen molar-refractivity contribution in [1.82, 2.24) is 0 Å². The van der Waals surface area contributed by atoms with Gasteiger partial charge in [-0.05, 0) is 57.9 Å². The maximum atomic E-state index is 5.76. The van der Waals surface area contributed by atoms with Crippen molar-refractivity contribution in [3.63, 3.8) is 0 Å². The van der Waals surface area contributed by atoms with Crippen molar-refractivity contribution in [2.24, 2.45) is 5.73 Å². The molecule has 0 heterocycles. The molecule has 1 rings (SSSR count). The molecule has 2 heteroatoms. The topological polar surface area (TPSA) is 35.2 Å². The summed E-state index contributed by atoms with van der Waals surface area (Å²) in [7, 11) is 0. The summed E-state index contributed by atoms with van der Waals surface area (Å²) in [5.74, 6) is 0.914. The van der Waals surface area contributed by atoms with Gasteiger partial charge in [0.2, 0.25) is 0 Å². The molecule has 0 saturated carbocycles. The SMILES string of the molecule is CC(C)(C)Oc1ccc(/C=C/CCCN)cc1. The summed E-state index contributed by atoms with van der Waals surface area (Å²) in [5.41, 5.74) is 6.49. The standard InChI is InChI=1S/C15H23NO/c1-15(2,3)17-14-10-8-13(9-11-14)7-5-4-6-12-16/h5,7-11H,4,6,12,16H2,1-3H3/b7-5+. The maximum Gasteiger partial charge on any atom is 0.120 e. The van der Waals surface area contributed by atoms with Gasteiger partial charge in [-0.1, -0.05) is 24.3 Å². The molecule has 0 unspecified atom stereocenters. The Bertz CT molecular complexity index is 346. The van der Waals surface area contributed by atoms with Crippen LogP contribution in [0.15, 0.2) is 30.3 Å². The predicted octanol–water partition coefficient (Wildman–Crippen LogP) is 3.62. The molecule has 1 aromatic rings. The zero-order chi connectivity index (χ0) is 12.7. The van der Waals surface area contributed by atoms with Gasteiger partial charge in [0.05, 0.1) is 0 Å². The van der Waals surface area contributed by atoms with E-state index in [0.717, 1.165) is 25.1 Å². The summed E-state index contributed by atoms with van der Waals surface area (Å²) < 4.78 is 5.76. The van der Waals surface area contributed by atoms with Gasteiger partial charge in [-0.15, -0.1) is 0 Å². The van der Waals surface area contributed by atoms with Crippen LogP contribution in [0.25, 0.3) is 6.08 Å². The largest absolute Gasteiger partial charge is 0.488 e. The monoisotopic (exact) mass is 233 g/mol. The second kappa shape index (κ2) is 6.45. The molecule has 2 N–H and O–H groups in total. The number of hydrogen-bond acceptors (Lipinski definition) is 2. The van der Waals surface area contributed by atoms with Gasteiger partial charge in [0, 0.05) is 0 Å². The number of rotatable bonds is 5. The van der Waals surface area contributed by atoms with Gasteiger partial charge in [-0.2, -0.15) is 0 Å². The molecule has 94 valence electrons. The molecule has 17 heavy (non-hydrogen) atoms. The van der Waals surface area contributed by atoms with Crippen LogP contribution in [0, 0.1) is 0 Å². The Morgan fingerprint density at radius 1 is 1.18 bits per heavy atom. The van der Waals surface area contributed by atoms with Gasteiger partial charge in [-0.3, -0.25) is 0 Å². The molecule has 0 radical (unpaired) electrons. The van der Waals surface area contributed by atoms with Crippen LogP contribution in [0.5, 0.6) is 5.75 Å². The molecule has 0 amide bonds. The molecule has 1 aromatic carbocycles. The normalized spacial score (nSPS) is 12.0. The highest BCUT2D eigenvalue weighted by atomic mass is 16.5. The lowest BCUT2D eigenvalue weighted by Crippen LogP contribution is -2.22. The Labute approximate surface area is 104 Å². The summed E-state index contributed by atoms with van der Waals surface area (Å²) in [6.45, 7) is 6.90. The molecule has 0 aliphatic heterocycles. The van der Waals surface area contributed by atoms with Crippen molar-refractivity contribution in [2.75, 3.05) is 6.54 Å². The molecule has 0 fully saturated rings. The quantitative estimate of drug-likeness (QED) is 0.788. The molecule has 0 bridgehead atoms. The third-order valence-corrected chi connectivity index (χ3v) is 2.19. The Balaban J connectivity index is 2.53. The van der Waals surface area contributed by atoms with Crippen LogP contribution in [-0.2, 0) is 0 Å². The van der Waals surface area contributed by atoms with Crippen LogP contribution < -0.4 is 10.5 Å². The summed E-state index contributed by atoms with van der Waals surface area (Å²) in [6.07, 6.45) is 6.36. The average molecular weight is 233 g/mol. The van der Waals surface area contributed by atoms with Crippen LogP contribution in [0.3, 0.4) is 0 Å². The minimum absolute atomic E-state index is 0.140. The van der Waals surface area contributed by atoms with E-state index in [9.17, 15) is 0 Å². The smallest absolute Gasteiger partial charge is 0.120 e. The van der Waals surface area contributed by atoms with Crippen LogP contribution in [0.2, 0.25) is 0 Å². The fourth-order valence-electron chi connectivity index (χ4n) is 1.46. The van der Waals surface area contributed by atoms with Crippen molar-refractivity contribution in [3.8, 4) is 5.75 Å². The van der Waals surface area contributed by atoms with E-state index in [4.69, 9.17) is 10.5 Å². The molecular formula is C15H23NO. The second-order valence-corrected chi connectivity index (χ2v) is 5.12.